The smallest absolute Gasteiger partial charge is 0.239 e. The van der Waals surface area contributed by atoms with E-state index in [9.17, 15) is 4.79 Å². The van der Waals surface area contributed by atoms with Crippen LogP contribution in [0.3, 0.4) is 0 Å². The molecule has 1 rings (SSSR count). The summed E-state index contributed by atoms with van der Waals surface area (Å²) in [5.41, 5.74) is 5.83. The number of carbonyl (C=O) groups is 1. The molecular weight excluding hydrogens is 212 g/mol. The van der Waals surface area contributed by atoms with Crippen molar-refractivity contribution in [3.05, 3.63) is 0 Å². The molecule has 90 valence electrons. The highest BCUT2D eigenvalue weighted by Gasteiger charge is 2.26. The molecule has 0 radical (unpaired) electrons. The summed E-state index contributed by atoms with van der Waals surface area (Å²) >= 11 is 0. The van der Waals surface area contributed by atoms with Crippen LogP contribution in [0.2, 0.25) is 0 Å². The lowest BCUT2D eigenvalue weighted by molar-refractivity contribution is -0.134. The lowest BCUT2D eigenvalue weighted by atomic mass is 9.97. The molecule has 15 heavy (non-hydrogen) atoms. The van der Waals surface area contributed by atoms with E-state index >= 15 is 0 Å². The van der Waals surface area contributed by atoms with Crippen LogP contribution in [-0.4, -0.2) is 29.9 Å². The fourth-order valence-electron chi connectivity index (χ4n) is 1.72. The van der Waals surface area contributed by atoms with Crippen molar-refractivity contribution in [2.45, 2.75) is 39.7 Å². The molecule has 0 bridgehead atoms. The summed E-state index contributed by atoms with van der Waals surface area (Å²) in [6.07, 6.45) is 2.24. The van der Waals surface area contributed by atoms with Gasteiger partial charge in [0.05, 0.1) is 6.04 Å². The summed E-state index contributed by atoms with van der Waals surface area (Å²) in [4.78, 5) is 13.8. The molecule has 1 unspecified atom stereocenters. The van der Waals surface area contributed by atoms with Gasteiger partial charge in [-0.1, -0.05) is 20.8 Å². The van der Waals surface area contributed by atoms with Crippen LogP contribution in [0.5, 0.6) is 0 Å². The Kier molecular flexibility index (Phi) is 6.22. The predicted molar refractivity (Wildman–Crippen MR) is 65.0 cm³/mol. The Balaban J connectivity index is 0.00000196. The van der Waals surface area contributed by atoms with Crippen molar-refractivity contribution in [2.24, 2.45) is 17.6 Å². The summed E-state index contributed by atoms with van der Waals surface area (Å²) in [5.74, 6) is 1.13. The summed E-state index contributed by atoms with van der Waals surface area (Å²) in [6, 6.07) is -0.316. The van der Waals surface area contributed by atoms with E-state index in [1.807, 2.05) is 18.7 Å². The number of hydrogen-bond acceptors (Lipinski definition) is 2. The van der Waals surface area contributed by atoms with E-state index in [0.29, 0.717) is 0 Å². The number of nitrogens with two attached hydrogens (primary N) is 1. The number of halogens is 1. The molecule has 3 nitrogen and oxygen atoms in total. The molecule has 1 aliphatic rings. The number of amides is 1. The second kappa shape index (κ2) is 6.33. The van der Waals surface area contributed by atoms with Crippen molar-refractivity contribution >= 4 is 18.3 Å². The standard InChI is InChI=1S/C11H22N2O.ClH/c1-8(2)10(12)11(14)13-6-4-9(3)5-7-13;/h8-10H,4-7,12H2,1-3H3;1H. The molecular formula is C11H23ClN2O. The minimum atomic E-state index is -0.316. The van der Waals surface area contributed by atoms with E-state index in [0.717, 1.165) is 31.8 Å². The van der Waals surface area contributed by atoms with Crippen molar-refractivity contribution < 1.29 is 4.79 Å². The molecule has 0 aromatic heterocycles. The summed E-state index contributed by atoms with van der Waals surface area (Å²) < 4.78 is 0. The van der Waals surface area contributed by atoms with Gasteiger partial charge < -0.3 is 10.6 Å². The molecule has 0 aromatic carbocycles. The average molecular weight is 235 g/mol. The highest BCUT2D eigenvalue weighted by molar-refractivity contribution is 5.85. The van der Waals surface area contributed by atoms with Crippen LogP contribution in [0, 0.1) is 11.8 Å². The third kappa shape index (κ3) is 3.99. The normalized spacial score (nSPS) is 19.9. The maximum atomic E-state index is 11.8. The van der Waals surface area contributed by atoms with E-state index in [2.05, 4.69) is 6.92 Å². The molecule has 0 aromatic rings. The fraction of sp³-hybridized carbons (Fsp3) is 0.909. The maximum absolute atomic E-state index is 11.8. The third-order valence-electron chi connectivity index (χ3n) is 3.10. The van der Waals surface area contributed by atoms with Gasteiger partial charge in [-0.2, -0.15) is 0 Å². The van der Waals surface area contributed by atoms with E-state index in [-0.39, 0.29) is 30.3 Å². The zero-order valence-electron chi connectivity index (χ0n) is 9.90. The van der Waals surface area contributed by atoms with Gasteiger partial charge in [0.2, 0.25) is 5.91 Å². The van der Waals surface area contributed by atoms with Gasteiger partial charge in [-0.05, 0) is 24.7 Å². The second-order valence-electron chi connectivity index (χ2n) is 4.78. The van der Waals surface area contributed by atoms with Gasteiger partial charge in [0, 0.05) is 13.1 Å². The molecule has 1 saturated heterocycles. The molecule has 0 spiro atoms. The van der Waals surface area contributed by atoms with Crippen LogP contribution in [0.1, 0.15) is 33.6 Å². The second-order valence-corrected chi connectivity index (χ2v) is 4.78. The first kappa shape index (κ1) is 14.7. The molecule has 1 aliphatic heterocycles. The molecule has 4 heteroatoms. The van der Waals surface area contributed by atoms with E-state index in [4.69, 9.17) is 5.73 Å². The van der Waals surface area contributed by atoms with Gasteiger partial charge in [-0.25, -0.2) is 0 Å². The number of piperidine rings is 1. The lowest BCUT2D eigenvalue weighted by Crippen LogP contribution is -2.49. The molecule has 1 atom stereocenters. The monoisotopic (exact) mass is 234 g/mol. The van der Waals surface area contributed by atoms with Crippen molar-refractivity contribution in [2.75, 3.05) is 13.1 Å². The van der Waals surface area contributed by atoms with E-state index in [1.165, 1.54) is 0 Å². The Morgan fingerprint density at radius 2 is 1.80 bits per heavy atom. The Morgan fingerprint density at radius 1 is 1.33 bits per heavy atom. The van der Waals surface area contributed by atoms with Crippen molar-refractivity contribution in [1.82, 2.24) is 4.90 Å². The van der Waals surface area contributed by atoms with Crippen LogP contribution in [0.15, 0.2) is 0 Å². The molecule has 0 aliphatic carbocycles. The maximum Gasteiger partial charge on any atom is 0.239 e. The fourth-order valence-corrected chi connectivity index (χ4v) is 1.72. The highest BCUT2D eigenvalue weighted by Crippen LogP contribution is 2.17. The zero-order valence-corrected chi connectivity index (χ0v) is 10.7. The molecule has 1 amide bonds. The number of carbonyl (C=O) groups excluding carboxylic acids is 1. The number of nitrogens with zero attached hydrogens (tertiary/aromatic N) is 1. The van der Waals surface area contributed by atoms with Crippen LogP contribution >= 0.6 is 12.4 Å². The first-order valence-corrected chi connectivity index (χ1v) is 5.56. The van der Waals surface area contributed by atoms with Crippen LogP contribution in [0.4, 0.5) is 0 Å². The minimum Gasteiger partial charge on any atom is -0.341 e. The van der Waals surface area contributed by atoms with Crippen LogP contribution in [-0.2, 0) is 4.79 Å². The van der Waals surface area contributed by atoms with Crippen LogP contribution < -0.4 is 5.73 Å². The zero-order chi connectivity index (χ0) is 10.7. The molecule has 2 N–H and O–H groups in total. The highest BCUT2D eigenvalue weighted by atomic mass is 35.5. The van der Waals surface area contributed by atoms with Gasteiger partial charge in [-0.3, -0.25) is 4.79 Å². The molecule has 0 saturated carbocycles. The Morgan fingerprint density at radius 3 is 2.20 bits per heavy atom. The third-order valence-corrected chi connectivity index (χ3v) is 3.10. The van der Waals surface area contributed by atoms with Crippen LogP contribution in [0.25, 0.3) is 0 Å². The van der Waals surface area contributed by atoms with Crippen molar-refractivity contribution in [3.8, 4) is 0 Å². The first-order valence-electron chi connectivity index (χ1n) is 5.56. The van der Waals surface area contributed by atoms with Crippen molar-refractivity contribution in [1.29, 1.82) is 0 Å². The molecule has 1 fully saturated rings. The van der Waals surface area contributed by atoms with E-state index < -0.39 is 0 Å². The summed E-state index contributed by atoms with van der Waals surface area (Å²) in [6.45, 7) is 8.01. The number of rotatable bonds is 2. The Bertz CT molecular complexity index is 201. The first-order chi connectivity index (χ1) is 6.52. The Labute approximate surface area is 98.8 Å². The lowest BCUT2D eigenvalue weighted by Gasteiger charge is -2.32. The van der Waals surface area contributed by atoms with Gasteiger partial charge in [0.1, 0.15) is 0 Å². The predicted octanol–water partition coefficient (Wildman–Crippen LogP) is 1.65. The van der Waals surface area contributed by atoms with Crippen molar-refractivity contribution in [3.63, 3.8) is 0 Å². The largest absolute Gasteiger partial charge is 0.341 e. The van der Waals surface area contributed by atoms with Gasteiger partial charge in [-0.15, -0.1) is 12.4 Å². The summed E-state index contributed by atoms with van der Waals surface area (Å²) in [7, 11) is 0. The number of hydrogen-bond donors (Lipinski definition) is 1. The quantitative estimate of drug-likeness (QED) is 0.790. The average Bonchev–Trinajstić information content (AvgIpc) is 2.16. The van der Waals surface area contributed by atoms with Gasteiger partial charge >= 0.3 is 0 Å². The summed E-state index contributed by atoms with van der Waals surface area (Å²) in [5, 5.41) is 0. The SMILES string of the molecule is CC1CCN(C(=O)C(N)C(C)C)CC1.Cl. The number of likely N-dealkylation sites (tertiary alicyclic amines) is 1. The minimum absolute atomic E-state index is 0. The Hall–Kier alpha value is -0.280. The topological polar surface area (TPSA) is 46.3 Å². The van der Waals surface area contributed by atoms with Gasteiger partial charge in [0.15, 0.2) is 0 Å². The van der Waals surface area contributed by atoms with Gasteiger partial charge in [0.25, 0.3) is 0 Å². The van der Waals surface area contributed by atoms with E-state index in [1.54, 1.807) is 0 Å². The molecule has 1 heterocycles.